The van der Waals surface area contributed by atoms with E-state index in [-0.39, 0.29) is 11.6 Å². The first-order valence-corrected chi connectivity index (χ1v) is 7.99. The predicted octanol–water partition coefficient (Wildman–Crippen LogP) is 3.07. The summed E-state index contributed by atoms with van der Waals surface area (Å²) in [5.74, 6) is -2.78. The Morgan fingerprint density at radius 2 is 1.88 bits per heavy atom. The molecular formula is C17H17F2N3O3. The van der Waals surface area contributed by atoms with Crippen molar-refractivity contribution in [3.63, 3.8) is 0 Å². The number of ether oxygens (including phenoxy) is 1. The molecule has 25 heavy (non-hydrogen) atoms. The fourth-order valence-electron chi connectivity index (χ4n) is 2.92. The number of anilines is 1. The molecular weight excluding hydrogens is 332 g/mol. The Bertz CT molecular complexity index is 765. The second-order valence-corrected chi connectivity index (χ2v) is 5.88. The molecule has 1 saturated carbocycles. The van der Waals surface area contributed by atoms with E-state index in [9.17, 15) is 18.4 Å². The maximum atomic E-state index is 13.1. The van der Waals surface area contributed by atoms with Gasteiger partial charge in [-0.05, 0) is 25.0 Å². The van der Waals surface area contributed by atoms with E-state index in [1.807, 2.05) is 0 Å². The number of rotatable bonds is 5. The Kier molecular flexibility index (Phi) is 5.06. The summed E-state index contributed by atoms with van der Waals surface area (Å²) in [6.45, 7) is -0.563. The summed E-state index contributed by atoms with van der Waals surface area (Å²) in [6, 6.07) is 4.26. The minimum Gasteiger partial charge on any atom is -0.452 e. The Morgan fingerprint density at radius 3 is 2.56 bits per heavy atom. The van der Waals surface area contributed by atoms with Gasteiger partial charge in [0.05, 0.1) is 17.8 Å². The first kappa shape index (κ1) is 17.1. The van der Waals surface area contributed by atoms with Gasteiger partial charge in [0, 0.05) is 12.1 Å². The molecule has 0 aliphatic heterocycles. The molecule has 0 bridgehead atoms. The van der Waals surface area contributed by atoms with Crippen LogP contribution in [0, 0.1) is 11.6 Å². The van der Waals surface area contributed by atoms with Crippen molar-refractivity contribution in [3.05, 3.63) is 47.7 Å². The number of hydrogen-bond donors (Lipinski definition) is 1. The van der Waals surface area contributed by atoms with E-state index in [4.69, 9.17) is 4.74 Å². The normalized spacial score (nSPS) is 14.5. The van der Waals surface area contributed by atoms with Gasteiger partial charge in [-0.2, -0.15) is 5.10 Å². The van der Waals surface area contributed by atoms with Gasteiger partial charge in [-0.25, -0.2) is 18.3 Å². The molecule has 1 N–H and O–H groups in total. The van der Waals surface area contributed by atoms with Crippen molar-refractivity contribution in [1.82, 2.24) is 9.78 Å². The van der Waals surface area contributed by atoms with Crippen LogP contribution >= 0.6 is 0 Å². The number of carbonyl (C=O) groups excluding carboxylic acids is 2. The largest absolute Gasteiger partial charge is 0.452 e. The Hall–Kier alpha value is -2.77. The average Bonchev–Trinajstić information content (AvgIpc) is 3.22. The Balaban J connectivity index is 1.56. The van der Waals surface area contributed by atoms with Gasteiger partial charge < -0.3 is 10.1 Å². The van der Waals surface area contributed by atoms with E-state index in [0.29, 0.717) is 11.9 Å². The molecule has 132 valence electrons. The molecule has 0 unspecified atom stereocenters. The first-order valence-electron chi connectivity index (χ1n) is 7.99. The second-order valence-electron chi connectivity index (χ2n) is 5.88. The molecule has 1 heterocycles. The molecule has 8 heteroatoms. The van der Waals surface area contributed by atoms with Crippen LogP contribution in [0.4, 0.5) is 14.6 Å². The number of halogens is 2. The lowest BCUT2D eigenvalue weighted by atomic mass is 10.2. The van der Waals surface area contributed by atoms with E-state index in [0.717, 1.165) is 37.8 Å². The Labute approximate surface area is 142 Å². The summed E-state index contributed by atoms with van der Waals surface area (Å²) in [4.78, 5) is 23.7. The molecule has 1 fully saturated rings. The van der Waals surface area contributed by atoms with Crippen LogP contribution in [0.3, 0.4) is 0 Å². The van der Waals surface area contributed by atoms with Crippen LogP contribution in [0.1, 0.15) is 42.1 Å². The zero-order valence-electron chi connectivity index (χ0n) is 13.4. The molecule has 1 amide bonds. The summed E-state index contributed by atoms with van der Waals surface area (Å²) in [7, 11) is 0. The zero-order chi connectivity index (χ0) is 17.8. The van der Waals surface area contributed by atoms with Crippen LogP contribution in [0.5, 0.6) is 0 Å². The molecule has 1 aromatic heterocycles. The summed E-state index contributed by atoms with van der Waals surface area (Å²) in [5.41, 5.74) is -0.290. The predicted molar refractivity (Wildman–Crippen MR) is 85.0 cm³/mol. The molecule has 0 atom stereocenters. The number of carbonyl (C=O) groups is 2. The number of benzene rings is 1. The van der Waals surface area contributed by atoms with Crippen molar-refractivity contribution in [2.75, 3.05) is 11.9 Å². The summed E-state index contributed by atoms with van der Waals surface area (Å²) < 4.78 is 32.7. The number of nitrogens with one attached hydrogen (secondary N) is 1. The smallest absolute Gasteiger partial charge is 0.338 e. The first-order chi connectivity index (χ1) is 12.0. The maximum absolute atomic E-state index is 13.1. The van der Waals surface area contributed by atoms with Crippen LogP contribution in [0.25, 0.3) is 0 Å². The van der Waals surface area contributed by atoms with Crippen LogP contribution < -0.4 is 5.32 Å². The van der Waals surface area contributed by atoms with Gasteiger partial charge in [0.2, 0.25) is 0 Å². The third kappa shape index (κ3) is 4.20. The molecule has 2 aromatic rings. The highest BCUT2D eigenvalue weighted by Crippen LogP contribution is 2.31. The van der Waals surface area contributed by atoms with E-state index in [2.05, 4.69) is 10.4 Å². The Morgan fingerprint density at radius 1 is 1.20 bits per heavy atom. The van der Waals surface area contributed by atoms with Crippen molar-refractivity contribution in [2.24, 2.45) is 0 Å². The van der Waals surface area contributed by atoms with E-state index in [1.54, 1.807) is 16.9 Å². The summed E-state index contributed by atoms with van der Waals surface area (Å²) in [6.07, 6.45) is 5.85. The number of aromatic nitrogens is 2. The van der Waals surface area contributed by atoms with Crippen LogP contribution in [-0.4, -0.2) is 28.3 Å². The monoisotopic (exact) mass is 349 g/mol. The minimum atomic E-state index is -0.974. The molecule has 0 saturated heterocycles. The molecule has 1 aliphatic carbocycles. The van der Waals surface area contributed by atoms with Gasteiger partial charge in [-0.3, -0.25) is 4.79 Å². The van der Waals surface area contributed by atoms with E-state index >= 15 is 0 Å². The zero-order valence-corrected chi connectivity index (χ0v) is 13.4. The highest BCUT2D eigenvalue weighted by Gasteiger charge is 2.21. The van der Waals surface area contributed by atoms with Crippen LogP contribution in [0.2, 0.25) is 0 Å². The number of amides is 1. The maximum Gasteiger partial charge on any atom is 0.338 e. The van der Waals surface area contributed by atoms with Gasteiger partial charge in [-0.15, -0.1) is 0 Å². The lowest BCUT2D eigenvalue weighted by Crippen LogP contribution is -2.23. The third-order valence-corrected chi connectivity index (χ3v) is 4.04. The quantitative estimate of drug-likeness (QED) is 0.842. The van der Waals surface area contributed by atoms with Gasteiger partial charge in [-0.1, -0.05) is 12.8 Å². The van der Waals surface area contributed by atoms with Gasteiger partial charge in [0.15, 0.2) is 6.61 Å². The molecule has 1 aromatic carbocycles. The van der Waals surface area contributed by atoms with Crippen LogP contribution in [0.15, 0.2) is 30.5 Å². The molecule has 0 radical (unpaired) electrons. The number of hydrogen-bond acceptors (Lipinski definition) is 4. The highest BCUT2D eigenvalue weighted by atomic mass is 19.1. The topological polar surface area (TPSA) is 73.2 Å². The minimum absolute atomic E-state index is 0.253. The van der Waals surface area contributed by atoms with Gasteiger partial charge in [0.1, 0.15) is 17.5 Å². The van der Waals surface area contributed by atoms with Crippen molar-refractivity contribution < 1.29 is 23.1 Å². The fourth-order valence-corrected chi connectivity index (χ4v) is 2.92. The number of esters is 1. The van der Waals surface area contributed by atoms with E-state index < -0.39 is 30.1 Å². The van der Waals surface area contributed by atoms with E-state index in [1.165, 1.54) is 0 Å². The van der Waals surface area contributed by atoms with Crippen molar-refractivity contribution in [2.45, 2.75) is 31.7 Å². The second kappa shape index (κ2) is 7.42. The molecule has 1 aliphatic rings. The standard InChI is InChI=1S/C17H17F2N3O3/c18-12-7-11(8-13(19)9-12)17(24)25-10-16(23)21-15-5-6-20-22(15)14-3-1-2-4-14/h5-9,14H,1-4,10H2,(H,21,23). The SMILES string of the molecule is O=C(COC(=O)c1cc(F)cc(F)c1)Nc1ccnn1C1CCCC1. The molecule has 0 spiro atoms. The summed E-state index contributed by atoms with van der Waals surface area (Å²) >= 11 is 0. The third-order valence-electron chi connectivity index (χ3n) is 4.04. The fraction of sp³-hybridized carbons (Fsp3) is 0.353. The van der Waals surface area contributed by atoms with Crippen molar-refractivity contribution in [1.29, 1.82) is 0 Å². The van der Waals surface area contributed by atoms with Gasteiger partial charge >= 0.3 is 5.97 Å². The molecule has 6 nitrogen and oxygen atoms in total. The van der Waals surface area contributed by atoms with Crippen molar-refractivity contribution in [3.8, 4) is 0 Å². The van der Waals surface area contributed by atoms with Gasteiger partial charge in [0.25, 0.3) is 5.91 Å². The number of nitrogens with zero attached hydrogens (tertiary/aromatic N) is 2. The highest BCUT2D eigenvalue weighted by molar-refractivity contribution is 5.95. The average molecular weight is 349 g/mol. The summed E-state index contributed by atoms with van der Waals surface area (Å²) in [5, 5.41) is 6.86. The molecule has 3 rings (SSSR count). The van der Waals surface area contributed by atoms with Crippen molar-refractivity contribution >= 4 is 17.7 Å². The lowest BCUT2D eigenvalue weighted by Gasteiger charge is -2.14. The lowest BCUT2D eigenvalue weighted by molar-refractivity contribution is -0.119. The van der Waals surface area contributed by atoms with Crippen LogP contribution in [-0.2, 0) is 9.53 Å².